The van der Waals surface area contributed by atoms with E-state index in [9.17, 15) is 4.79 Å². The van der Waals surface area contributed by atoms with Crippen molar-refractivity contribution in [2.24, 2.45) is 5.73 Å². The fourth-order valence-electron chi connectivity index (χ4n) is 2.66. The summed E-state index contributed by atoms with van der Waals surface area (Å²) in [6, 6.07) is 0.156. The molecule has 0 bridgehead atoms. The van der Waals surface area contributed by atoms with E-state index in [1.165, 1.54) is 0 Å². The number of hydrogen-bond donors (Lipinski definition) is 1. The normalized spacial score (nSPS) is 18.6. The van der Waals surface area contributed by atoms with Crippen LogP contribution in [-0.2, 0) is 0 Å². The zero-order valence-corrected chi connectivity index (χ0v) is 13.3. The van der Waals surface area contributed by atoms with Crippen molar-refractivity contribution in [3.63, 3.8) is 0 Å². The monoisotopic (exact) mass is 296 g/mol. The standard InChI is InChI=1S/C14H24N4OS/c1-11(2)18-9-6-16-12(13(18)19)17-7-4-14(10-15,20-3)5-8-17/h6,9,11H,4-5,7-8,10,15H2,1-3H3. The Morgan fingerprint density at radius 1 is 1.45 bits per heavy atom. The van der Waals surface area contributed by atoms with Crippen LogP contribution >= 0.6 is 11.8 Å². The molecule has 1 aliphatic rings. The van der Waals surface area contributed by atoms with Crippen LogP contribution in [0.3, 0.4) is 0 Å². The van der Waals surface area contributed by atoms with Crippen LogP contribution in [0.4, 0.5) is 5.82 Å². The van der Waals surface area contributed by atoms with Gasteiger partial charge < -0.3 is 15.2 Å². The van der Waals surface area contributed by atoms with Gasteiger partial charge in [0.2, 0.25) is 0 Å². The van der Waals surface area contributed by atoms with Gasteiger partial charge in [-0.25, -0.2) is 4.98 Å². The lowest BCUT2D eigenvalue weighted by atomic mass is 9.96. The molecule has 2 heterocycles. The molecule has 112 valence electrons. The zero-order chi connectivity index (χ0) is 14.8. The van der Waals surface area contributed by atoms with Crippen molar-refractivity contribution < 1.29 is 0 Å². The molecular weight excluding hydrogens is 272 g/mol. The third-order valence-electron chi connectivity index (χ3n) is 4.19. The van der Waals surface area contributed by atoms with E-state index < -0.39 is 0 Å². The number of piperidine rings is 1. The molecule has 0 aromatic carbocycles. The van der Waals surface area contributed by atoms with Gasteiger partial charge in [-0.1, -0.05) is 0 Å². The minimum Gasteiger partial charge on any atom is -0.352 e. The average molecular weight is 296 g/mol. The van der Waals surface area contributed by atoms with E-state index in [1.54, 1.807) is 17.0 Å². The molecule has 1 saturated heterocycles. The molecule has 20 heavy (non-hydrogen) atoms. The van der Waals surface area contributed by atoms with Gasteiger partial charge >= 0.3 is 0 Å². The van der Waals surface area contributed by atoms with E-state index >= 15 is 0 Å². The van der Waals surface area contributed by atoms with Gasteiger partial charge in [0.1, 0.15) is 0 Å². The lowest BCUT2D eigenvalue weighted by molar-refractivity contribution is 0.452. The first-order chi connectivity index (χ1) is 9.53. The van der Waals surface area contributed by atoms with E-state index in [1.807, 2.05) is 25.6 Å². The van der Waals surface area contributed by atoms with Crippen molar-refractivity contribution in [1.29, 1.82) is 0 Å². The molecule has 1 aliphatic heterocycles. The summed E-state index contributed by atoms with van der Waals surface area (Å²) in [7, 11) is 0. The van der Waals surface area contributed by atoms with E-state index in [0.29, 0.717) is 12.4 Å². The topological polar surface area (TPSA) is 64.2 Å². The molecule has 0 atom stereocenters. The minimum atomic E-state index is 0.00639. The first-order valence-electron chi connectivity index (χ1n) is 7.10. The maximum atomic E-state index is 12.4. The highest BCUT2D eigenvalue weighted by Gasteiger charge is 2.33. The molecule has 0 aliphatic carbocycles. The van der Waals surface area contributed by atoms with Crippen molar-refractivity contribution in [2.45, 2.75) is 37.5 Å². The highest BCUT2D eigenvalue weighted by atomic mass is 32.2. The van der Waals surface area contributed by atoms with Crippen molar-refractivity contribution in [2.75, 3.05) is 30.8 Å². The summed E-state index contributed by atoms with van der Waals surface area (Å²) < 4.78 is 1.91. The third-order valence-corrected chi connectivity index (χ3v) is 5.63. The van der Waals surface area contributed by atoms with E-state index in [-0.39, 0.29) is 16.3 Å². The predicted molar refractivity (Wildman–Crippen MR) is 85.6 cm³/mol. The Balaban J connectivity index is 2.19. The maximum Gasteiger partial charge on any atom is 0.293 e. The van der Waals surface area contributed by atoms with E-state index in [4.69, 9.17) is 5.73 Å². The van der Waals surface area contributed by atoms with Gasteiger partial charge in [0.25, 0.3) is 5.56 Å². The predicted octanol–water partition coefficient (Wildman–Crippen LogP) is 1.48. The molecule has 2 rings (SSSR count). The molecule has 0 radical (unpaired) electrons. The minimum absolute atomic E-state index is 0.00639. The second-order valence-corrected chi connectivity index (χ2v) is 6.91. The number of rotatable bonds is 4. The van der Waals surface area contributed by atoms with Gasteiger partial charge in [0.15, 0.2) is 5.82 Å². The van der Waals surface area contributed by atoms with E-state index in [0.717, 1.165) is 25.9 Å². The van der Waals surface area contributed by atoms with Gasteiger partial charge in [0, 0.05) is 42.8 Å². The van der Waals surface area contributed by atoms with Crippen molar-refractivity contribution in [3.8, 4) is 0 Å². The Kier molecular flexibility index (Phi) is 4.75. The average Bonchev–Trinajstić information content (AvgIpc) is 2.47. The molecule has 0 spiro atoms. The van der Waals surface area contributed by atoms with Gasteiger partial charge in [-0.2, -0.15) is 11.8 Å². The Hall–Kier alpha value is -1.01. The van der Waals surface area contributed by atoms with Gasteiger partial charge in [-0.15, -0.1) is 0 Å². The number of nitrogens with zero attached hydrogens (tertiary/aromatic N) is 3. The molecule has 0 saturated carbocycles. The largest absolute Gasteiger partial charge is 0.352 e. The van der Waals surface area contributed by atoms with Crippen LogP contribution in [0, 0.1) is 0 Å². The highest BCUT2D eigenvalue weighted by Crippen LogP contribution is 2.34. The van der Waals surface area contributed by atoms with Crippen LogP contribution in [0.15, 0.2) is 17.2 Å². The first kappa shape index (κ1) is 15.4. The second kappa shape index (κ2) is 6.18. The summed E-state index contributed by atoms with van der Waals surface area (Å²) in [5.41, 5.74) is 5.91. The molecule has 1 fully saturated rings. The van der Waals surface area contributed by atoms with Crippen LogP contribution in [0.5, 0.6) is 0 Å². The molecule has 1 aromatic rings. The van der Waals surface area contributed by atoms with Crippen LogP contribution in [0.25, 0.3) is 0 Å². The maximum absolute atomic E-state index is 12.4. The van der Waals surface area contributed by atoms with Gasteiger partial charge in [-0.05, 0) is 32.9 Å². The molecule has 0 unspecified atom stereocenters. The third kappa shape index (κ3) is 2.86. The first-order valence-corrected chi connectivity index (χ1v) is 8.33. The summed E-state index contributed by atoms with van der Waals surface area (Å²) in [5, 5.41) is 0. The Labute approximate surface area is 124 Å². The number of anilines is 1. The summed E-state index contributed by atoms with van der Waals surface area (Å²) in [4.78, 5) is 18.8. The molecule has 0 amide bonds. The lowest BCUT2D eigenvalue weighted by Crippen LogP contribution is -2.48. The fraction of sp³-hybridized carbons (Fsp3) is 0.714. The van der Waals surface area contributed by atoms with Crippen LogP contribution in [-0.4, -0.2) is 40.2 Å². The summed E-state index contributed by atoms with van der Waals surface area (Å²) in [5.74, 6) is 0.577. The van der Waals surface area contributed by atoms with Crippen LogP contribution in [0.2, 0.25) is 0 Å². The Bertz CT molecular complexity index is 500. The molecule has 1 aromatic heterocycles. The van der Waals surface area contributed by atoms with Crippen molar-refractivity contribution in [3.05, 3.63) is 22.7 Å². The van der Waals surface area contributed by atoms with Crippen LogP contribution < -0.4 is 16.2 Å². The lowest BCUT2D eigenvalue weighted by Gasteiger charge is -2.40. The fourth-order valence-corrected chi connectivity index (χ4v) is 3.41. The van der Waals surface area contributed by atoms with Crippen molar-refractivity contribution >= 4 is 17.6 Å². The summed E-state index contributed by atoms with van der Waals surface area (Å²) in [6.07, 6.45) is 7.60. The summed E-state index contributed by atoms with van der Waals surface area (Å²) in [6.45, 7) is 6.41. The molecular formula is C14H24N4OS. The molecule has 6 heteroatoms. The summed E-state index contributed by atoms with van der Waals surface area (Å²) >= 11 is 1.85. The quantitative estimate of drug-likeness (QED) is 0.912. The molecule has 2 N–H and O–H groups in total. The number of aromatic nitrogens is 2. The van der Waals surface area contributed by atoms with Crippen molar-refractivity contribution in [1.82, 2.24) is 9.55 Å². The van der Waals surface area contributed by atoms with Gasteiger partial charge in [-0.3, -0.25) is 4.79 Å². The molecule has 5 nitrogen and oxygen atoms in total. The number of thioether (sulfide) groups is 1. The zero-order valence-electron chi connectivity index (χ0n) is 12.5. The Morgan fingerprint density at radius 3 is 2.60 bits per heavy atom. The van der Waals surface area contributed by atoms with Gasteiger partial charge in [0.05, 0.1) is 0 Å². The number of nitrogens with two attached hydrogens (primary N) is 1. The number of hydrogen-bond acceptors (Lipinski definition) is 5. The van der Waals surface area contributed by atoms with E-state index in [2.05, 4.69) is 16.1 Å². The highest BCUT2D eigenvalue weighted by molar-refractivity contribution is 8.00. The Morgan fingerprint density at radius 2 is 2.10 bits per heavy atom. The second-order valence-electron chi connectivity index (χ2n) is 5.64. The smallest absolute Gasteiger partial charge is 0.293 e. The van der Waals surface area contributed by atoms with Crippen LogP contribution in [0.1, 0.15) is 32.7 Å². The SMILES string of the molecule is CSC1(CN)CCN(c2nccn(C(C)C)c2=O)CC1.